The van der Waals surface area contributed by atoms with Crippen molar-refractivity contribution in [1.82, 2.24) is 9.21 Å². The lowest BCUT2D eigenvalue weighted by Crippen LogP contribution is -2.51. The molecule has 1 unspecified atom stereocenters. The Bertz CT molecular complexity index is 1710. The maximum absolute atomic E-state index is 13.7. The van der Waals surface area contributed by atoms with Crippen LogP contribution in [-0.4, -0.2) is 75.1 Å². The Labute approximate surface area is 240 Å². The van der Waals surface area contributed by atoms with Crippen LogP contribution in [0.2, 0.25) is 0 Å². The van der Waals surface area contributed by atoms with E-state index in [0.29, 0.717) is 36.8 Å². The summed E-state index contributed by atoms with van der Waals surface area (Å²) in [5.74, 6) is 0.471. The zero-order valence-electron chi connectivity index (χ0n) is 22.9. The molecule has 0 amide bonds. The molecule has 4 heterocycles. The second-order valence-corrected chi connectivity index (χ2v) is 15.2. The molecule has 0 saturated carbocycles. The monoisotopic (exact) mass is 595 g/mol. The number of fused-ring (bicyclic) bond motifs is 2. The van der Waals surface area contributed by atoms with E-state index in [1.807, 2.05) is 13.8 Å². The quantitative estimate of drug-likeness (QED) is 0.386. The molecule has 12 heteroatoms. The van der Waals surface area contributed by atoms with Crippen molar-refractivity contribution in [3.05, 3.63) is 82.9 Å². The normalized spacial score (nSPS) is 24.8. The maximum Gasteiger partial charge on any atom is 0.243 e. The molecular formula is C29H33N5O5S2. The summed E-state index contributed by atoms with van der Waals surface area (Å²) in [6.45, 7) is 5.03. The first-order chi connectivity index (χ1) is 19.5. The third-order valence-electron chi connectivity index (χ3n) is 8.45. The Hall–Kier alpha value is -3.48. The van der Waals surface area contributed by atoms with Crippen molar-refractivity contribution < 1.29 is 21.6 Å². The van der Waals surface area contributed by atoms with Crippen LogP contribution in [0.5, 0.6) is 0 Å². The van der Waals surface area contributed by atoms with Crippen LogP contribution in [0.3, 0.4) is 0 Å². The molecule has 216 valence electrons. The van der Waals surface area contributed by atoms with Crippen molar-refractivity contribution >= 4 is 31.4 Å². The van der Waals surface area contributed by atoms with Gasteiger partial charge in [0.1, 0.15) is 23.4 Å². The molecule has 4 aliphatic rings. The second-order valence-electron chi connectivity index (χ2n) is 11.1. The number of sulfonamides is 1. The van der Waals surface area contributed by atoms with Gasteiger partial charge in [-0.3, -0.25) is 5.41 Å². The van der Waals surface area contributed by atoms with Gasteiger partial charge in [-0.2, -0.15) is 4.31 Å². The van der Waals surface area contributed by atoms with Crippen LogP contribution < -0.4 is 5.73 Å². The number of allylic oxidation sites excluding steroid dienone is 2. The molecule has 10 nitrogen and oxygen atoms in total. The third kappa shape index (κ3) is 4.77. The van der Waals surface area contributed by atoms with E-state index in [1.54, 1.807) is 54.6 Å². The van der Waals surface area contributed by atoms with E-state index in [9.17, 15) is 16.8 Å². The zero-order valence-corrected chi connectivity index (χ0v) is 24.6. The summed E-state index contributed by atoms with van der Waals surface area (Å²) in [6, 6.07) is 13.4. The highest BCUT2D eigenvalue weighted by Crippen LogP contribution is 2.40. The molecule has 2 aromatic rings. The van der Waals surface area contributed by atoms with E-state index in [2.05, 4.69) is 9.89 Å². The van der Waals surface area contributed by atoms with Crippen molar-refractivity contribution in [2.24, 2.45) is 16.6 Å². The molecule has 0 spiro atoms. The standard InChI is InChI=1S/C29H33N5O5S2/c1-18-3-7-21(8-4-18)40(35,36)26-17-39-29(23-15-24(28(30)31)32-27(23)26)34-14-12-20-11-13-33(16-25(20)34)41(37,38)22-9-5-19(2)6-10-22/h3-10,15,20,25-26H,11-14,16-17H2,1-2H3,(H3,30,31)/t20-,25+,26?/m1/s1. The molecule has 0 bridgehead atoms. The average Bonchev–Trinajstić information content (AvgIpc) is 3.58. The fourth-order valence-corrected chi connectivity index (χ4v) is 9.14. The van der Waals surface area contributed by atoms with Gasteiger partial charge in [-0.15, -0.1) is 0 Å². The number of nitrogens with one attached hydrogen (secondary N) is 1. The molecule has 41 heavy (non-hydrogen) atoms. The van der Waals surface area contributed by atoms with Crippen molar-refractivity contribution in [3.63, 3.8) is 0 Å². The molecule has 0 aliphatic carbocycles. The Balaban J connectivity index is 1.34. The molecule has 0 radical (unpaired) electrons. The summed E-state index contributed by atoms with van der Waals surface area (Å²) < 4.78 is 62.2. The minimum Gasteiger partial charge on any atom is -0.477 e. The number of nitrogens with two attached hydrogens (primary N) is 1. The van der Waals surface area contributed by atoms with Gasteiger partial charge in [0, 0.05) is 25.7 Å². The van der Waals surface area contributed by atoms with Gasteiger partial charge in [-0.1, -0.05) is 35.4 Å². The summed E-state index contributed by atoms with van der Waals surface area (Å²) >= 11 is 0. The molecule has 3 N–H and O–H groups in total. The number of likely N-dealkylation sites (tertiary alicyclic amines) is 1. The second kappa shape index (κ2) is 10.1. The first kappa shape index (κ1) is 27.7. The van der Waals surface area contributed by atoms with Crippen LogP contribution in [0.25, 0.3) is 0 Å². The van der Waals surface area contributed by atoms with Crippen molar-refractivity contribution in [2.75, 3.05) is 26.2 Å². The number of piperidine rings is 1. The van der Waals surface area contributed by atoms with E-state index < -0.39 is 25.1 Å². The summed E-state index contributed by atoms with van der Waals surface area (Å²) in [4.78, 5) is 7.00. The van der Waals surface area contributed by atoms with Gasteiger partial charge >= 0.3 is 0 Å². The topological polar surface area (TPSA) is 146 Å². The first-order valence-electron chi connectivity index (χ1n) is 13.6. The fraction of sp³-hybridized carbons (Fsp3) is 0.379. The molecule has 2 aromatic carbocycles. The van der Waals surface area contributed by atoms with Gasteiger partial charge in [0.15, 0.2) is 15.7 Å². The number of hydrogen-bond donors (Lipinski definition) is 2. The van der Waals surface area contributed by atoms with Gasteiger partial charge in [-0.25, -0.2) is 21.8 Å². The minimum atomic E-state index is -3.85. The molecular weight excluding hydrogens is 562 g/mol. The number of aliphatic imine (C=N–C) groups is 1. The summed E-state index contributed by atoms with van der Waals surface area (Å²) in [7, 11) is -7.54. The number of amidine groups is 1. The number of hydrogen-bond acceptors (Lipinski definition) is 8. The third-order valence-corrected chi connectivity index (χ3v) is 12.4. The molecule has 0 aromatic heterocycles. The highest BCUT2D eigenvalue weighted by atomic mass is 32.2. The van der Waals surface area contributed by atoms with Crippen molar-refractivity contribution in [1.29, 1.82) is 5.41 Å². The van der Waals surface area contributed by atoms with E-state index in [0.717, 1.165) is 24.0 Å². The molecule has 3 atom stereocenters. The Morgan fingerprint density at radius 2 is 1.56 bits per heavy atom. The number of nitrogens with zero attached hydrogens (tertiary/aromatic N) is 3. The van der Waals surface area contributed by atoms with E-state index in [1.165, 1.54) is 4.31 Å². The average molecular weight is 596 g/mol. The SMILES string of the molecule is Cc1ccc(S(=O)(=O)C2COC(N3CC[C@H]4CCN(S(=O)(=O)c5ccc(C)cc5)C[C@@H]43)=C3C=C(C(=N)N)N=C32)cc1. The van der Waals surface area contributed by atoms with Crippen LogP contribution in [-0.2, 0) is 24.6 Å². The lowest BCUT2D eigenvalue weighted by molar-refractivity contribution is 0.0784. The van der Waals surface area contributed by atoms with Crippen LogP contribution in [0.15, 0.2) is 86.5 Å². The predicted octanol–water partition coefficient (Wildman–Crippen LogP) is 2.75. The smallest absolute Gasteiger partial charge is 0.243 e. The van der Waals surface area contributed by atoms with E-state index >= 15 is 0 Å². The predicted molar refractivity (Wildman–Crippen MR) is 156 cm³/mol. The number of ether oxygens (including phenoxy) is 1. The van der Waals surface area contributed by atoms with E-state index in [-0.39, 0.29) is 39.9 Å². The zero-order chi connectivity index (χ0) is 29.1. The Kier molecular flexibility index (Phi) is 6.82. The molecule has 6 rings (SSSR count). The number of benzene rings is 2. The Morgan fingerprint density at radius 1 is 0.951 bits per heavy atom. The number of aryl methyl sites for hydroxylation is 2. The number of sulfone groups is 1. The largest absolute Gasteiger partial charge is 0.477 e. The van der Waals surface area contributed by atoms with Crippen LogP contribution >= 0.6 is 0 Å². The van der Waals surface area contributed by atoms with Crippen LogP contribution in [0, 0.1) is 25.2 Å². The van der Waals surface area contributed by atoms with Gasteiger partial charge < -0.3 is 15.4 Å². The highest BCUT2D eigenvalue weighted by molar-refractivity contribution is 7.93. The first-order valence-corrected chi connectivity index (χ1v) is 16.6. The molecule has 2 saturated heterocycles. The van der Waals surface area contributed by atoms with Crippen LogP contribution in [0.4, 0.5) is 0 Å². The summed E-state index contributed by atoms with van der Waals surface area (Å²) in [5, 5.41) is 6.90. The fourth-order valence-electron chi connectivity index (χ4n) is 6.11. The van der Waals surface area contributed by atoms with Gasteiger partial charge in [0.25, 0.3) is 0 Å². The van der Waals surface area contributed by atoms with Crippen molar-refractivity contribution in [2.45, 2.75) is 47.8 Å². The highest BCUT2D eigenvalue weighted by Gasteiger charge is 2.47. The molecule has 2 fully saturated rings. The van der Waals surface area contributed by atoms with Crippen molar-refractivity contribution in [3.8, 4) is 0 Å². The van der Waals surface area contributed by atoms with Crippen LogP contribution in [0.1, 0.15) is 24.0 Å². The minimum absolute atomic E-state index is 0.146. The maximum atomic E-state index is 13.7. The number of rotatable bonds is 6. The Morgan fingerprint density at radius 3 is 2.20 bits per heavy atom. The van der Waals surface area contributed by atoms with E-state index in [4.69, 9.17) is 15.9 Å². The summed E-state index contributed by atoms with van der Waals surface area (Å²) in [5.41, 5.74) is 8.69. The van der Waals surface area contributed by atoms with Gasteiger partial charge in [0.05, 0.1) is 21.1 Å². The van der Waals surface area contributed by atoms with Gasteiger partial charge in [-0.05, 0) is 62.9 Å². The lowest BCUT2D eigenvalue weighted by atomic mass is 9.93. The summed E-state index contributed by atoms with van der Waals surface area (Å²) in [6.07, 6.45) is 3.19. The lowest BCUT2D eigenvalue weighted by Gasteiger charge is -2.40. The van der Waals surface area contributed by atoms with Gasteiger partial charge in [0.2, 0.25) is 10.0 Å². The molecule has 4 aliphatic heterocycles.